The van der Waals surface area contributed by atoms with E-state index in [1.165, 1.54) is 0 Å². The molecule has 1 aromatic heterocycles. The Morgan fingerprint density at radius 3 is 2.33 bits per heavy atom. The maximum absolute atomic E-state index is 4.44. The van der Waals surface area contributed by atoms with Crippen molar-refractivity contribution in [3.05, 3.63) is 23.8 Å². The maximum Gasteiger partial charge on any atom is 0.0761 e. The van der Waals surface area contributed by atoms with Crippen molar-refractivity contribution in [1.82, 2.24) is 15.3 Å². The van der Waals surface area contributed by atoms with Crippen molar-refractivity contribution >= 4 is 0 Å². The van der Waals surface area contributed by atoms with Crippen LogP contribution in [0.15, 0.2) is 12.4 Å². The smallest absolute Gasteiger partial charge is 0.0761 e. The Hall–Kier alpha value is -0.960. The standard InChI is InChI=1S/C12H21N3/c1-6-13-11(12(3,4)5)10-8-14-9(2)7-15-10/h7-8,11,13H,6H2,1-5H3. The third kappa shape index (κ3) is 3.27. The Bertz CT molecular complexity index is 298. The first kappa shape index (κ1) is 12.1. The molecule has 0 fully saturated rings. The van der Waals surface area contributed by atoms with Crippen LogP contribution in [0.25, 0.3) is 0 Å². The van der Waals surface area contributed by atoms with Crippen molar-refractivity contribution in [3.63, 3.8) is 0 Å². The van der Waals surface area contributed by atoms with E-state index in [1.807, 2.05) is 19.3 Å². The third-order valence-corrected chi connectivity index (χ3v) is 2.37. The van der Waals surface area contributed by atoms with E-state index < -0.39 is 0 Å². The van der Waals surface area contributed by atoms with Gasteiger partial charge >= 0.3 is 0 Å². The van der Waals surface area contributed by atoms with E-state index in [0.29, 0.717) is 0 Å². The lowest BCUT2D eigenvalue weighted by Gasteiger charge is -2.30. The predicted molar refractivity (Wildman–Crippen MR) is 62.6 cm³/mol. The first-order valence-electron chi connectivity index (χ1n) is 5.47. The van der Waals surface area contributed by atoms with Crippen LogP contribution < -0.4 is 5.32 Å². The molecule has 1 atom stereocenters. The van der Waals surface area contributed by atoms with Crippen LogP contribution in [-0.4, -0.2) is 16.5 Å². The fourth-order valence-corrected chi connectivity index (χ4v) is 1.61. The number of rotatable bonds is 3. The minimum atomic E-state index is 0.153. The van der Waals surface area contributed by atoms with Crippen molar-refractivity contribution in [2.45, 2.75) is 40.7 Å². The molecule has 0 saturated heterocycles. The summed E-state index contributed by atoms with van der Waals surface area (Å²) in [4.78, 5) is 8.73. The highest BCUT2D eigenvalue weighted by molar-refractivity contribution is 5.08. The van der Waals surface area contributed by atoms with Crippen LogP contribution in [0.5, 0.6) is 0 Å². The van der Waals surface area contributed by atoms with E-state index in [1.54, 1.807) is 0 Å². The quantitative estimate of drug-likeness (QED) is 0.827. The molecular formula is C12H21N3. The zero-order valence-electron chi connectivity index (χ0n) is 10.3. The monoisotopic (exact) mass is 207 g/mol. The molecule has 3 nitrogen and oxygen atoms in total. The lowest BCUT2D eigenvalue weighted by molar-refractivity contribution is 0.271. The van der Waals surface area contributed by atoms with E-state index in [9.17, 15) is 0 Å². The molecule has 0 radical (unpaired) electrons. The number of hydrogen-bond acceptors (Lipinski definition) is 3. The second kappa shape index (κ2) is 4.71. The largest absolute Gasteiger partial charge is 0.308 e. The van der Waals surface area contributed by atoms with Gasteiger partial charge in [0.15, 0.2) is 0 Å². The SMILES string of the molecule is CCNC(c1cnc(C)cn1)C(C)(C)C. The Balaban J connectivity index is 2.94. The van der Waals surface area contributed by atoms with E-state index in [0.717, 1.165) is 17.9 Å². The summed E-state index contributed by atoms with van der Waals surface area (Å²) >= 11 is 0. The van der Waals surface area contributed by atoms with Gasteiger partial charge in [0, 0.05) is 6.20 Å². The molecule has 0 amide bonds. The molecule has 1 rings (SSSR count). The van der Waals surface area contributed by atoms with Gasteiger partial charge in [0.25, 0.3) is 0 Å². The van der Waals surface area contributed by atoms with Gasteiger partial charge in [-0.15, -0.1) is 0 Å². The summed E-state index contributed by atoms with van der Waals surface area (Å²) in [5.74, 6) is 0. The Morgan fingerprint density at radius 1 is 1.27 bits per heavy atom. The van der Waals surface area contributed by atoms with Gasteiger partial charge in [-0.05, 0) is 18.9 Å². The molecule has 0 bridgehead atoms. The second-order valence-corrected chi connectivity index (χ2v) is 4.94. The molecule has 15 heavy (non-hydrogen) atoms. The molecule has 0 aliphatic carbocycles. The number of aromatic nitrogens is 2. The van der Waals surface area contributed by atoms with Crippen molar-refractivity contribution in [2.75, 3.05) is 6.54 Å². The minimum Gasteiger partial charge on any atom is -0.308 e. The molecule has 0 saturated carbocycles. The van der Waals surface area contributed by atoms with Gasteiger partial charge in [-0.2, -0.15) is 0 Å². The third-order valence-electron chi connectivity index (χ3n) is 2.37. The highest BCUT2D eigenvalue weighted by Gasteiger charge is 2.26. The van der Waals surface area contributed by atoms with Gasteiger partial charge in [-0.3, -0.25) is 9.97 Å². The summed E-state index contributed by atoms with van der Waals surface area (Å²) in [6.45, 7) is 11.6. The van der Waals surface area contributed by atoms with E-state index in [-0.39, 0.29) is 11.5 Å². The Kier molecular flexibility index (Phi) is 3.80. The van der Waals surface area contributed by atoms with Crippen LogP contribution in [0.4, 0.5) is 0 Å². The predicted octanol–water partition coefficient (Wildman–Crippen LogP) is 2.48. The van der Waals surface area contributed by atoms with Gasteiger partial charge in [0.2, 0.25) is 0 Å². The van der Waals surface area contributed by atoms with Crippen LogP contribution in [0.1, 0.15) is 45.1 Å². The molecule has 84 valence electrons. The van der Waals surface area contributed by atoms with Crippen molar-refractivity contribution < 1.29 is 0 Å². The average Bonchev–Trinajstić information content (AvgIpc) is 2.14. The summed E-state index contributed by atoms with van der Waals surface area (Å²) in [6, 6.07) is 0.260. The van der Waals surface area contributed by atoms with Gasteiger partial charge in [0.1, 0.15) is 0 Å². The second-order valence-electron chi connectivity index (χ2n) is 4.94. The fourth-order valence-electron chi connectivity index (χ4n) is 1.61. The minimum absolute atomic E-state index is 0.153. The molecule has 0 aliphatic heterocycles. The summed E-state index contributed by atoms with van der Waals surface area (Å²) in [7, 11) is 0. The van der Waals surface area contributed by atoms with E-state index in [2.05, 4.69) is 43.0 Å². The van der Waals surface area contributed by atoms with Crippen LogP contribution >= 0.6 is 0 Å². The molecule has 1 heterocycles. The molecule has 0 spiro atoms. The van der Waals surface area contributed by atoms with Gasteiger partial charge in [0.05, 0.1) is 23.6 Å². The van der Waals surface area contributed by atoms with Crippen LogP contribution in [-0.2, 0) is 0 Å². The highest BCUT2D eigenvalue weighted by Crippen LogP contribution is 2.30. The number of hydrogen-bond donors (Lipinski definition) is 1. The molecule has 0 aliphatic rings. The van der Waals surface area contributed by atoms with Crippen molar-refractivity contribution in [2.24, 2.45) is 5.41 Å². The van der Waals surface area contributed by atoms with Crippen LogP contribution in [0.2, 0.25) is 0 Å². The first-order valence-corrected chi connectivity index (χ1v) is 5.47. The Labute approximate surface area is 92.3 Å². The van der Waals surface area contributed by atoms with Gasteiger partial charge in [-0.25, -0.2) is 0 Å². The van der Waals surface area contributed by atoms with E-state index >= 15 is 0 Å². The zero-order valence-corrected chi connectivity index (χ0v) is 10.3. The molecule has 0 aromatic carbocycles. The summed E-state index contributed by atoms with van der Waals surface area (Å²) in [6.07, 6.45) is 3.69. The number of aryl methyl sites for hydroxylation is 1. The first-order chi connectivity index (χ1) is 6.95. The molecular weight excluding hydrogens is 186 g/mol. The number of nitrogens with one attached hydrogen (secondary N) is 1. The van der Waals surface area contributed by atoms with Gasteiger partial charge < -0.3 is 5.32 Å². The lowest BCUT2D eigenvalue weighted by Crippen LogP contribution is -2.33. The summed E-state index contributed by atoms with van der Waals surface area (Å²) < 4.78 is 0. The van der Waals surface area contributed by atoms with E-state index in [4.69, 9.17) is 0 Å². The van der Waals surface area contributed by atoms with Crippen molar-refractivity contribution in [3.8, 4) is 0 Å². The summed E-state index contributed by atoms with van der Waals surface area (Å²) in [5, 5.41) is 3.46. The molecule has 1 aromatic rings. The van der Waals surface area contributed by atoms with Gasteiger partial charge in [-0.1, -0.05) is 27.7 Å². The molecule has 3 heteroatoms. The molecule has 1 N–H and O–H groups in total. The fraction of sp³-hybridized carbons (Fsp3) is 0.667. The summed E-state index contributed by atoms with van der Waals surface area (Å²) in [5.41, 5.74) is 2.14. The molecule has 1 unspecified atom stereocenters. The maximum atomic E-state index is 4.44. The Morgan fingerprint density at radius 2 is 1.93 bits per heavy atom. The topological polar surface area (TPSA) is 37.8 Å². The normalized spacial score (nSPS) is 13.9. The average molecular weight is 207 g/mol. The van der Waals surface area contributed by atoms with Crippen molar-refractivity contribution in [1.29, 1.82) is 0 Å². The zero-order chi connectivity index (χ0) is 11.5. The number of nitrogens with zero attached hydrogens (tertiary/aromatic N) is 2. The lowest BCUT2D eigenvalue weighted by atomic mass is 9.85. The highest BCUT2D eigenvalue weighted by atomic mass is 15.0. The van der Waals surface area contributed by atoms with Crippen LogP contribution in [0.3, 0.4) is 0 Å². The van der Waals surface area contributed by atoms with Crippen LogP contribution in [0, 0.1) is 12.3 Å².